The molecule has 0 bridgehead atoms. The van der Waals surface area contributed by atoms with E-state index in [1.54, 1.807) is 11.3 Å². The molecule has 1 unspecified atom stereocenters. The predicted molar refractivity (Wildman–Crippen MR) is 103 cm³/mol. The van der Waals surface area contributed by atoms with E-state index in [1.165, 1.54) is 10.3 Å². The fraction of sp³-hybridized carbons (Fsp3) is 0.300. The molecule has 1 aliphatic rings. The van der Waals surface area contributed by atoms with Gasteiger partial charge in [0.1, 0.15) is 0 Å². The Morgan fingerprint density at radius 2 is 2.00 bits per heavy atom. The van der Waals surface area contributed by atoms with Crippen molar-refractivity contribution in [1.82, 2.24) is 10.3 Å². The fourth-order valence-corrected chi connectivity index (χ4v) is 4.01. The van der Waals surface area contributed by atoms with Gasteiger partial charge in [-0.1, -0.05) is 31.2 Å². The Hall–Kier alpha value is -2.24. The molecule has 5 heteroatoms. The number of benzene rings is 2. The minimum atomic E-state index is 0.0451. The first-order chi connectivity index (χ1) is 12.2. The molecule has 25 heavy (non-hydrogen) atoms. The summed E-state index contributed by atoms with van der Waals surface area (Å²) in [4.78, 5) is 17.0. The third-order valence-corrected chi connectivity index (χ3v) is 5.89. The minimum Gasteiger partial charge on any atom is -0.326 e. The number of carbonyl (C=O) groups excluding carboxylic acids is 1. The Morgan fingerprint density at radius 1 is 1.24 bits per heavy atom. The number of carbonyl (C=O) groups is 1. The van der Waals surface area contributed by atoms with E-state index in [-0.39, 0.29) is 11.8 Å². The van der Waals surface area contributed by atoms with Crippen molar-refractivity contribution >= 4 is 33.1 Å². The van der Waals surface area contributed by atoms with Gasteiger partial charge in [0.2, 0.25) is 5.91 Å². The second-order valence-corrected chi connectivity index (χ2v) is 7.76. The smallest absolute Gasteiger partial charge is 0.227 e. The van der Waals surface area contributed by atoms with E-state index < -0.39 is 0 Å². The summed E-state index contributed by atoms with van der Waals surface area (Å²) in [5, 5.41) is 7.35. The quantitative estimate of drug-likeness (QED) is 0.737. The van der Waals surface area contributed by atoms with Crippen LogP contribution in [0.4, 0.5) is 5.69 Å². The number of nitrogens with one attached hydrogen (secondary N) is 2. The number of fused-ring (bicyclic) bond motifs is 1. The summed E-state index contributed by atoms with van der Waals surface area (Å²) < 4.78 is 1.22. The molecular weight excluding hydrogens is 330 g/mol. The lowest BCUT2D eigenvalue weighted by atomic mass is 9.88. The molecule has 1 saturated heterocycles. The second-order valence-electron chi connectivity index (χ2n) is 6.65. The van der Waals surface area contributed by atoms with E-state index in [0.29, 0.717) is 5.92 Å². The Morgan fingerprint density at radius 3 is 2.68 bits per heavy atom. The summed E-state index contributed by atoms with van der Waals surface area (Å²) in [7, 11) is 0. The Bertz CT molecular complexity index is 850. The molecule has 2 heterocycles. The molecule has 1 aromatic heterocycles. The molecule has 1 fully saturated rings. The molecule has 2 aromatic carbocycles. The van der Waals surface area contributed by atoms with Crippen molar-refractivity contribution in [2.45, 2.75) is 13.3 Å². The maximum absolute atomic E-state index is 12.3. The van der Waals surface area contributed by atoms with Gasteiger partial charge in [0.15, 0.2) is 0 Å². The van der Waals surface area contributed by atoms with E-state index in [1.807, 2.05) is 37.3 Å². The summed E-state index contributed by atoms with van der Waals surface area (Å²) in [6.07, 6.45) is 0.817. The maximum atomic E-state index is 12.3. The largest absolute Gasteiger partial charge is 0.326 e. The predicted octanol–water partition coefficient (Wildman–Crippen LogP) is 3.68. The Labute approximate surface area is 151 Å². The number of rotatable bonds is 5. The van der Waals surface area contributed by atoms with E-state index >= 15 is 0 Å². The summed E-state index contributed by atoms with van der Waals surface area (Å²) in [6, 6.07) is 16.3. The van der Waals surface area contributed by atoms with E-state index in [9.17, 15) is 4.79 Å². The number of para-hydroxylation sites is 1. The van der Waals surface area contributed by atoms with Gasteiger partial charge < -0.3 is 10.6 Å². The van der Waals surface area contributed by atoms with Crippen molar-refractivity contribution in [3.8, 4) is 0 Å². The second kappa shape index (κ2) is 6.94. The molecule has 0 aliphatic carbocycles. The van der Waals surface area contributed by atoms with Crippen LogP contribution in [0.5, 0.6) is 0 Å². The molecule has 2 N–H and O–H groups in total. The monoisotopic (exact) mass is 351 g/mol. The van der Waals surface area contributed by atoms with Crippen LogP contribution in [0.1, 0.15) is 17.5 Å². The highest BCUT2D eigenvalue weighted by Crippen LogP contribution is 2.24. The van der Waals surface area contributed by atoms with Gasteiger partial charge in [0, 0.05) is 18.0 Å². The number of amides is 1. The Kier molecular flexibility index (Phi) is 4.51. The first-order valence-corrected chi connectivity index (χ1v) is 9.45. The van der Waals surface area contributed by atoms with Gasteiger partial charge in [-0.05, 0) is 48.8 Å². The SMILES string of the molecule is CC(C(=O)Nc1ccc(Cc2nc3ccccc3s2)cc1)C1CNC1. The van der Waals surface area contributed by atoms with Crippen molar-refractivity contribution in [3.05, 3.63) is 59.1 Å². The molecular formula is C20H21N3OS. The zero-order chi connectivity index (χ0) is 17.2. The van der Waals surface area contributed by atoms with Gasteiger partial charge in [-0.15, -0.1) is 11.3 Å². The standard InChI is InChI=1S/C20H21N3OS/c1-13(15-11-21-12-15)20(24)22-16-8-6-14(7-9-16)10-19-23-17-4-2-3-5-18(17)25-19/h2-9,13,15,21H,10-12H2,1H3,(H,22,24). The highest BCUT2D eigenvalue weighted by Gasteiger charge is 2.28. The summed E-state index contributed by atoms with van der Waals surface area (Å²) in [5.41, 5.74) is 3.12. The van der Waals surface area contributed by atoms with Gasteiger partial charge in [-0.25, -0.2) is 4.98 Å². The van der Waals surface area contributed by atoms with Crippen molar-refractivity contribution < 1.29 is 4.79 Å². The topological polar surface area (TPSA) is 54.0 Å². The first kappa shape index (κ1) is 16.2. The average Bonchev–Trinajstić information content (AvgIpc) is 2.97. The lowest BCUT2D eigenvalue weighted by molar-refractivity contribution is -0.121. The van der Waals surface area contributed by atoms with Crippen LogP contribution < -0.4 is 10.6 Å². The lowest BCUT2D eigenvalue weighted by Gasteiger charge is -2.31. The van der Waals surface area contributed by atoms with Crippen LogP contribution in [0.25, 0.3) is 10.2 Å². The molecule has 1 aliphatic heterocycles. The van der Waals surface area contributed by atoms with Crippen LogP contribution in [0.15, 0.2) is 48.5 Å². The van der Waals surface area contributed by atoms with Gasteiger partial charge >= 0.3 is 0 Å². The number of nitrogens with zero attached hydrogens (tertiary/aromatic N) is 1. The molecule has 128 valence electrons. The van der Waals surface area contributed by atoms with E-state index in [0.717, 1.165) is 35.7 Å². The summed E-state index contributed by atoms with van der Waals surface area (Å²) in [6.45, 7) is 3.88. The molecule has 3 aromatic rings. The fourth-order valence-electron chi connectivity index (χ4n) is 3.01. The minimum absolute atomic E-state index is 0.0451. The van der Waals surface area contributed by atoms with Crippen LogP contribution >= 0.6 is 11.3 Å². The molecule has 1 atom stereocenters. The number of aromatic nitrogens is 1. The Balaban J connectivity index is 1.40. The van der Waals surface area contributed by atoms with Gasteiger partial charge in [-0.2, -0.15) is 0 Å². The highest BCUT2D eigenvalue weighted by molar-refractivity contribution is 7.18. The average molecular weight is 351 g/mol. The van der Waals surface area contributed by atoms with Crippen molar-refractivity contribution in [1.29, 1.82) is 0 Å². The van der Waals surface area contributed by atoms with Crippen molar-refractivity contribution in [3.63, 3.8) is 0 Å². The van der Waals surface area contributed by atoms with Crippen LogP contribution in [-0.4, -0.2) is 24.0 Å². The molecule has 1 amide bonds. The summed E-state index contributed by atoms with van der Waals surface area (Å²) in [5.74, 6) is 0.604. The van der Waals surface area contributed by atoms with E-state index in [4.69, 9.17) is 0 Å². The zero-order valence-electron chi connectivity index (χ0n) is 14.2. The molecule has 0 spiro atoms. The molecule has 0 radical (unpaired) electrons. The normalized spacial score (nSPS) is 15.7. The van der Waals surface area contributed by atoms with E-state index in [2.05, 4.69) is 33.8 Å². The maximum Gasteiger partial charge on any atom is 0.227 e. The number of hydrogen-bond donors (Lipinski definition) is 2. The number of thiazole rings is 1. The third-order valence-electron chi connectivity index (χ3n) is 4.85. The molecule has 4 rings (SSSR count). The van der Waals surface area contributed by atoms with Crippen LogP contribution in [-0.2, 0) is 11.2 Å². The first-order valence-electron chi connectivity index (χ1n) is 8.64. The van der Waals surface area contributed by atoms with Gasteiger partial charge in [0.05, 0.1) is 15.2 Å². The number of hydrogen-bond acceptors (Lipinski definition) is 4. The highest BCUT2D eigenvalue weighted by atomic mass is 32.1. The van der Waals surface area contributed by atoms with Crippen molar-refractivity contribution in [2.75, 3.05) is 18.4 Å². The van der Waals surface area contributed by atoms with Gasteiger partial charge in [0.25, 0.3) is 0 Å². The van der Waals surface area contributed by atoms with Crippen molar-refractivity contribution in [2.24, 2.45) is 11.8 Å². The van der Waals surface area contributed by atoms with Crippen LogP contribution in [0.3, 0.4) is 0 Å². The summed E-state index contributed by atoms with van der Waals surface area (Å²) >= 11 is 1.74. The molecule has 4 nitrogen and oxygen atoms in total. The van der Waals surface area contributed by atoms with Gasteiger partial charge in [-0.3, -0.25) is 4.79 Å². The van der Waals surface area contributed by atoms with Crippen LogP contribution in [0.2, 0.25) is 0 Å². The zero-order valence-corrected chi connectivity index (χ0v) is 15.0. The number of anilines is 1. The van der Waals surface area contributed by atoms with Crippen LogP contribution in [0, 0.1) is 11.8 Å². The molecule has 0 saturated carbocycles. The third kappa shape index (κ3) is 3.57. The lowest BCUT2D eigenvalue weighted by Crippen LogP contribution is -2.48.